The van der Waals surface area contributed by atoms with Gasteiger partial charge in [0.15, 0.2) is 0 Å². The largest absolute Gasteiger partial charge is 0.342 e. The Morgan fingerprint density at radius 2 is 2.36 bits per heavy atom. The summed E-state index contributed by atoms with van der Waals surface area (Å²) in [4.78, 5) is 17.4. The van der Waals surface area contributed by atoms with E-state index in [1.165, 1.54) is 11.4 Å². The number of fused-ring (bicyclic) bond motifs is 3. The van der Waals surface area contributed by atoms with E-state index in [2.05, 4.69) is 37.2 Å². The second kappa shape index (κ2) is 7.66. The summed E-state index contributed by atoms with van der Waals surface area (Å²) in [6.45, 7) is 8.31. The van der Waals surface area contributed by atoms with Gasteiger partial charge in [-0.2, -0.15) is 0 Å². The van der Waals surface area contributed by atoms with Gasteiger partial charge in [-0.05, 0) is 5.92 Å². The first-order valence-corrected chi connectivity index (χ1v) is 9.36. The van der Waals surface area contributed by atoms with Crippen molar-refractivity contribution in [1.29, 1.82) is 0 Å². The van der Waals surface area contributed by atoms with Gasteiger partial charge in [0.25, 0.3) is 0 Å². The fourth-order valence-electron chi connectivity index (χ4n) is 4.46. The quantitative estimate of drug-likeness (QED) is 0.553. The molecule has 4 atom stereocenters. The van der Waals surface area contributed by atoms with E-state index in [0.717, 1.165) is 38.2 Å². The molecule has 3 aliphatic rings. The van der Waals surface area contributed by atoms with E-state index < -0.39 is 0 Å². The lowest BCUT2D eigenvalue weighted by atomic mass is 9.75. The van der Waals surface area contributed by atoms with Crippen molar-refractivity contribution in [2.45, 2.75) is 32.0 Å². The van der Waals surface area contributed by atoms with Gasteiger partial charge in [-0.1, -0.05) is 11.3 Å². The molecule has 0 spiro atoms. The van der Waals surface area contributed by atoms with Crippen LogP contribution in [0.25, 0.3) is 0 Å². The Kier molecular flexibility index (Phi) is 5.54. The molecule has 2 bridgehead atoms. The van der Waals surface area contributed by atoms with Crippen molar-refractivity contribution in [3.8, 4) is 0 Å². The molecule has 1 aromatic heterocycles. The van der Waals surface area contributed by atoms with Crippen molar-refractivity contribution < 1.29 is 14.6 Å². The number of nitrogens with zero attached hydrogens (tertiary/aromatic N) is 4. The number of carbonyl (C=O) groups is 1. The summed E-state index contributed by atoms with van der Waals surface area (Å²) in [5.74, 6) is 0.975. The van der Waals surface area contributed by atoms with E-state index in [1.54, 1.807) is 11.0 Å². The molecule has 7 nitrogen and oxygen atoms in total. The lowest BCUT2D eigenvalue weighted by Crippen LogP contribution is -3.20. The first-order valence-electron chi connectivity index (χ1n) is 9.36. The van der Waals surface area contributed by atoms with Crippen molar-refractivity contribution in [3.63, 3.8) is 0 Å². The predicted molar refractivity (Wildman–Crippen MR) is 95.1 cm³/mol. The summed E-state index contributed by atoms with van der Waals surface area (Å²) in [7, 11) is 6.13. The van der Waals surface area contributed by atoms with E-state index in [0.29, 0.717) is 18.5 Å². The molecule has 4 heterocycles. The molecule has 3 aliphatic heterocycles. The molecule has 1 unspecified atom stereocenters. The molecular formula is C18H32N6O+2. The molecule has 0 radical (unpaired) electrons. The number of piperidine rings is 3. The van der Waals surface area contributed by atoms with E-state index in [-0.39, 0.29) is 11.8 Å². The minimum atomic E-state index is 0.175. The molecule has 1 aromatic rings. The van der Waals surface area contributed by atoms with Crippen LogP contribution in [0.2, 0.25) is 0 Å². The molecule has 2 N–H and O–H groups in total. The van der Waals surface area contributed by atoms with Gasteiger partial charge in [0.1, 0.15) is 18.3 Å². The summed E-state index contributed by atoms with van der Waals surface area (Å²) in [5, 5.41) is 8.59. The maximum atomic E-state index is 12.7. The van der Waals surface area contributed by atoms with Gasteiger partial charge in [0.05, 0.1) is 45.8 Å². The van der Waals surface area contributed by atoms with Crippen LogP contribution in [0.4, 0.5) is 0 Å². The number of carbonyl (C=O) groups excluding carboxylic acids is 1. The third-order valence-electron chi connectivity index (χ3n) is 5.68. The number of rotatable bonds is 7. The second-order valence-corrected chi connectivity index (χ2v) is 8.02. The van der Waals surface area contributed by atoms with Crippen molar-refractivity contribution in [2.24, 2.45) is 11.8 Å². The summed E-state index contributed by atoms with van der Waals surface area (Å²) in [6, 6.07) is 0.550. The minimum Gasteiger partial charge on any atom is -0.342 e. The zero-order chi connectivity index (χ0) is 18.0. The average Bonchev–Trinajstić information content (AvgIpc) is 3.01. The zero-order valence-corrected chi connectivity index (χ0v) is 15.7. The molecule has 7 heteroatoms. The van der Waals surface area contributed by atoms with Gasteiger partial charge in [-0.25, -0.2) is 4.68 Å². The van der Waals surface area contributed by atoms with Gasteiger partial charge in [-0.3, -0.25) is 4.79 Å². The molecule has 3 fully saturated rings. The fraction of sp³-hybridized carbons (Fsp3) is 0.722. The Bertz CT molecular complexity index is 612. The average molecular weight is 348 g/mol. The van der Waals surface area contributed by atoms with Gasteiger partial charge in [0, 0.05) is 26.4 Å². The smallest absolute Gasteiger partial charge is 0.231 e. The van der Waals surface area contributed by atoms with Crippen LogP contribution in [0.3, 0.4) is 0 Å². The first kappa shape index (κ1) is 18.1. The monoisotopic (exact) mass is 348 g/mol. The van der Waals surface area contributed by atoms with Crippen LogP contribution in [0, 0.1) is 11.8 Å². The highest BCUT2D eigenvalue weighted by Crippen LogP contribution is 2.28. The third kappa shape index (κ3) is 4.10. The third-order valence-corrected chi connectivity index (χ3v) is 5.68. The topological polar surface area (TPSA) is 59.9 Å². The van der Waals surface area contributed by atoms with E-state index >= 15 is 0 Å². The van der Waals surface area contributed by atoms with Crippen LogP contribution in [-0.4, -0.2) is 72.6 Å². The Morgan fingerprint density at radius 3 is 3.00 bits per heavy atom. The molecule has 4 rings (SSSR count). The van der Waals surface area contributed by atoms with Crippen LogP contribution in [-0.2, 0) is 17.9 Å². The molecular weight excluding hydrogens is 316 g/mol. The normalized spacial score (nSPS) is 28.3. The number of likely N-dealkylation sites (N-methyl/N-ethyl adjacent to an activating group) is 1. The summed E-state index contributed by atoms with van der Waals surface area (Å²) in [5.41, 5.74) is 1.05. The summed E-state index contributed by atoms with van der Waals surface area (Å²) < 4.78 is 2.00. The van der Waals surface area contributed by atoms with Gasteiger partial charge >= 0.3 is 0 Å². The lowest BCUT2D eigenvalue weighted by molar-refractivity contribution is -0.945. The van der Waals surface area contributed by atoms with Crippen LogP contribution >= 0.6 is 0 Å². The SMILES string of the molecule is C=CCN(C)C(=O)[C@H]1C[NH+]2CC[C@@H]1C[C@@H]2Cn1cc(C[NH+](C)C)nn1. The molecule has 0 aromatic carbocycles. The standard InChI is InChI=1S/C18H30N6O/c1-5-7-22(4)18(25)17-13-23-8-6-14(17)9-16(23)12-24-11-15(19-20-24)10-21(2)3/h5,11,14,16-17H,1,6-10,12-13H2,2-4H3/p+2/t14-,16-,17+/m1/s1. The lowest BCUT2D eigenvalue weighted by Gasteiger charge is -2.46. The van der Waals surface area contributed by atoms with Crippen LogP contribution < -0.4 is 9.80 Å². The number of hydrogen-bond acceptors (Lipinski definition) is 3. The predicted octanol–water partition coefficient (Wildman–Crippen LogP) is -2.14. The van der Waals surface area contributed by atoms with Crippen molar-refractivity contribution in [3.05, 3.63) is 24.5 Å². The highest BCUT2D eigenvalue weighted by molar-refractivity contribution is 5.79. The van der Waals surface area contributed by atoms with Crippen LogP contribution in [0.1, 0.15) is 18.5 Å². The number of amides is 1. The fourth-order valence-corrected chi connectivity index (χ4v) is 4.46. The number of quaternary nitrogens is 2. The molecule has 0 aliphatic carbocycles. The maximum absolute atomic E-state index is 12.7. The Balaban J connectivity index is 1.59. The van der Waals surface area contributed by atoms with Crippen molar-refractivity contribution >= 4 is 5.91 Å². The Labute approximate surface area is 150 Å². The minimum absolute atomic E-state index is 0.175. The van der Waals surface area contributed by atoms with Crippen LogP contribution in [0.5, 0.6) is 0 Å². The number of hydrogen-bond donors (Lipinski definition) is 2. The maximum Gasteiger partial charge on any atom is 0.231 e. The molecule has 138 valence electrons. The van der Waals surface area contributed by atoms with Crippen molar-refractivity contribution in [1.82, 2.24) is 19.9 Å². The van der Waals surface area contributed by atoms with Gasteiger partial charge in [0.2, 0.25) is 5.91 Å². The molecule has 3 saturated heterocycles. The molecule has 1 amide bonds. The van der Waals surface area contributed by atoms with E-state index in [1.807, 2.05) is 16.6 Å². The highest BCUT2D eigenvalue weighted by Gasteiger charge is 2.47. The molecule has 0 saturated carbocycles. The molecule has 25 heavy (non-hydrogen) atoms. The van der Waals surface area contributed by atoms with Gasteiger partial charge < -0.3 is 14.7 Å². The van der Waals surface area contributed by atoms with Gasteiger partial charge in [-0.15, -0.1) is 11.7 Å². The number of nitrogens with one attached hydrogen (secondary N) is 2. The summed E-state index contributed by atoms with van der Waals surface area (Å²) in [6.07, 6.45) is 6.15. The van der Waals surface area contributed by atoms with E-state index in [9.17, 15) is 4.79 Å². The Hall–Kier alpha value is -1.73. The number of aromatic nitrogens is 3. The second-order valence-electron chi connectivity index (χ2n) is 8.02. The van der Waals surface area contributed by atoms with Crippen LogP contribution in [0.15, 0.2) is 18.9 Å². The van der Waals surface area contributed by atoms with Crippen molar-refractivity contribution in [2.75, 3.05) is 40.8 Å². The highest BCUT2D eigenvalue weighted by atomic mass is 16.2. The first-order chi connectivity index (χ1) is 12.0. The summed E-state index contributed by atoms with van der Waals surface area (Å²) >= 11 is 0. The van der Waals surface area contributed by atoms with E-state index in [4.69, 9.17) is 0 Å². The zero-order valence-electron chi connectivity index (χ0n) is 15.7. The Morgan fingerprint density at radius 1 is 1.56 bits per heavy atom.